The molecular weight excluding hydrogens is 354 g/mol. The largest absolute Gasteiger partial charge is 0.357 e. The van der Waals surface area contributed by atoms with Crippen LogP contribution in [0.5, 0.6) is 0 Å². The van der Waals surface area contributed by atoms with Gasteiger partial charge in [0.05, 0.1) is 6.54 Å². The summed E-state index contributed by atoms with van der Waals surface area (Å²) in [4.78, 5) is 10.4. The Bertz CT molecular complexity index is 475. The smallest absolute Gasteiger partial charge is 0.191 e. The molecule has 0 bridgehead atoms. The molecule has 0 radical (unpaired) electrons. The Labute approximate surface area is 171 Å². The van der Waals surface area contributed by atoms with E-state index in [1.165, 1.54) is 76.9 Å². The van der Waals surface area contributed by atoms with Gasteiger partial charge in [0.2, 0.25) is 0 Å². The molecule has 2 N–H and O–H groups in total. The fraction of sp³-hybridized carbons (Fsp3) is 0.952. The molecule has 3 heterocycles. The Morgan fingerprint density at radius 3 is 2.37 bits per heavy atom. The zero-order valence-electron chi connectivity index (χ0n) is 17.9. The Kier molecular flexibility index (Phi) is 7.74. The van der Waals surface area contributed by atoms with Crippen LogP contribution in [-0.4, -0.2) is 84.7 Å². The van der Waals surface area contributed by atoms with Gasteiger partial charge in [-0.2, -0.15) is 11.8 Å². The van der Waals surface area contributed by atoms with Crippen molar-refractivity contribution < 1.29 is 0 Å². The quantitative estimate of drug-likeness (QED) is 0.535. The summed E-state index contributed by atoms with van der Waals surface area (Å²) in [5.41, 5.74) is 0.265. The molecule has 0 aromatic rings. The molecule has 3 aliphatic rings. The van der Waals surface area contributed by atoms with Gasteiger partial charge in [-0.05, 0) is 91.4 Å². The first kappa shape index (κ1) is 21.3. The molecule has 156 valence electrons. The highest BCUT2D eigenvalue weighted by molar-refractivity contribution is 8.00. The summed E-state index contributed by atoms with van der Waals surface area (Å²) in [5, 5.41) is 7.15. The summed E-state index contributed by atoms with van der Waals surface area (Å²) in [7, 11) is 2.26. The van der Waals surface area contributed by atoms with Gasteiger partial charge in [0.1, 0.15) is 0 Å². The molecule has 3 rings (SSSR count). The third-order valence-electron chi connectivity index (χ3n) is 6.75. The standard InChI is InChI=1S/C21H41N5S/c1-4-22-19(23-17-20(2)9-8-16-27-20)24-18-21(10-14-25(3)15-11-21)26-12-6-5-7-13-26/h4-18H2,1-3H3,(H2,22,23,24). The molecule has 0 aromatic carbocycles. The number of hydrogen-bond donors (Lipinski definition) is 2. The Balaban J connectivity index is 1.66. The predicted molar refractivity (Wildman–Crippen MR) is 119 cm³/mol. The van der Waals surface area contributed by atoms with Gasteiger partial charge < -0.3 is 15.5 Å². The molecule has 1 atom stereocenters. The molecule has 0 spiro atoms. The second-order valence-corrected chi connectivity index (χ2v) is 10.7. The molecule has 3 fully saturated rings. The van der Waals surface area contributed by atoms with Gasteiger partial charge in [0.25, 0.3) is 0 Å². The van der Waals surface area contributed by atoms with E-state index in [4.69, 9.17) is 4.99 Å². The van der Waals surface area contributed by atoms with Crippen LogP contribution in [0.3, 0.4) is 0 Å². The number of rotatable bonds is 6. The van der Waals surface area contributed by atoms with Gasteiger partial charge in [-0.3, -0.25) is 9.89 Å². The van der Waals surface area contributed by atoms with Crippen LogP contribution < -0.4 is 10.6 Å². The van der Waals surface area contributed by atoms with E-state index >= 15 is 0 Å². The van der Waals surface area contributed by atoms with Crippen molar-refractivity contribution in [1.82, 2.24) is 20.4 Å². The van der Waals surface area contributed by atoms with E-state index in [2.05, 4.69) is 53.1 Å². The minimum absolute atomic E-state index is 0.265. The molecule has 0 saturated carbocycles. The molecule has 0 aromatic heterocycles. The van der Waals surface area contributed by atoms with E-state index in [9.17, 15) is 0 Å². The number of guanidine groups is 1. The summed E-state index contributed by atoms with van der Waals surface area (Å²) in [6.45, 7) is 12.4. The van der Waals surface area contributed by atoms with Gasteiger partial charge >= 0.3 is 0 Å². The molecule has 27 heavy (non-hydrogen) atoms. The van der Waals surface area contributed by atoms with Gasteiger partial charge in [-0.1, -0.05) is 6.42 Å². The lowest BCUT2D eigenvalue weighted by atomic mass is 9.84. The molecule has 6 heteroatoms. The van der Waals surface area contributed by atoms with E-state index in [0.29, 0.717) is 4.75 Å². The zero-order valence-corrected chi connectivity index (χ0v) is 18.7. The highest BCUT2D eigenvalue weighted by Gasteiger charge is 2.39. The number of thioether (sulfide) groups is 1. The average molecular weight is 396 g/mol. The first-order chi connectivity index (χ1) is 13.1. The van der Waals surface area contributed by atoms with Crippen molar-refractivity contribution in [1.29, 1.82) is 0 Å². The van der Waals surface area contributed by atoms with Crippen LogP contribution in [-0.2, 0) is 0 Å². The van der Waals surface area contributed by atoms with Crippen molar-refractivity contribution in [3.63, 3.8) is 0 Å². The highest BCUT2D eigenvalue weighted by atomic mass is 32.2. The molecule has 0 amide bonds. The van der Waals surface area contributed by atoms with E-state index in [0.717, 1.165) is 25.6 Å². The molecule has 0 aliphatic carbocycles. The Morgan fingerprint density at radius 2 is 1.74 bits per heavy atom. The van der Waals surface area contributed by atoms with Crippen LogP contribution in [0.4, 0.5) is 0 Å². The van der Waals surface area contributed by atoms with Gasteiger partial charge in [-0.25, -0.2) is 0 Å². The van der Waals surface area contributed by atoms with Crippen LogP contribution in [0.2, 0.25) is 0 Å². The van der Waals surface area contributed by atoms with Crippen molar-refractivity contribution >= 4 is 17.7 Å². The molecule has 3 saturated heterocycles. The predicted octanol–water partition coefficient (Wildman–Crippen LogP) is 2.78. The van der Waals surface area contributed by atoms with Crippen LogP contribution in [0, 0.1) is 0 Å². The second-order valence-electron chi connectivity index (χ2n) is 9.03. The summed E-state index contributed by atoms with van der Waals surface area (Å²) >= 11 is 2.11. The van der Waals surface area contributed by atoms with Crippen LogP contribution in [0.25, 0.3) is 0 Å². The SMILES string of the molecule is CCNC(=NCC1(N2CCCCC2)CCN(C)CC1)NCC1(C)CCCS1. The monoisotopic (exact) mass is 395 g/mol. The maximum Gasteiger partial charge on any atom is 0.191 e. The minimum atomic E-state index is 0.265. The normalized spacial score (nSPS) is 30.4. The molecule has 3 aliphatic heterocycles. The van der Waals surface area contributed by atoms with Crippen molar-refractivity contribution in [2.75, 3.05) is 58.6 Å². The molecule has 5 nitrogen and oxygen atoms in total. The minimum Gasteiger partial charge on any atom is -0.357 e. The molecular formula is C21H41N5S. The first-order valence-corrected chi connectivity index (χ1v) is 12.1. The second kappa shape index (κ2) is 9.84. The lowest BCUT2D eigenvalue weighted by molar-refractivity contribution is 0.0208. The summed E-state index contributed by atoms with van der Waals surface area (Å²) < 4.78 is 0.369. The summed E-state index contributed by atoms with van der Waals surface area (Å²) in [5.74, 6) is 2.32. The Morgan fingerprint density at radius 1 is 1.00 bits per heavy atom. The summed E-state index contributed by atoms with van der Waals surface area (Å²) in [6.07, 6.45) is 9.27. The number of piperidine rings is 2. The van der Waals surface area contributed by atoms with Gasteiger partial charge in [-0.15, -0.1) is 0 Å². The first-order valence-electron chi connectivity index (χ1n) is 11.2. The van der Waals surface area contributed by atoms with Crippen molar-refractivity contribution in [3.8, 4) is 0 Å². The number of aliphatic imine (C=N–C) groups is 1. The lowest BCUT2D eigenvalue weighted by Crippen LogP contribution is -2.58. The van der Waals surface area contributed by atoms with E-state index in [1.54, 1.807) is 0 Å². The van der Waals surface area contributed by atoms with Crippen LogP contribution >= 0.6 is 11.8 Å². The average Bonchev–Trinajstić information content (AvgIpc) is 3.13. The van der Waals surface area contributed by atoms with Gasteiger partial charge in [0.15, 0.2) is 5.96 Å². The summed E-state index contributed by atoms with van der Waals surface area (Å²) in [6, 6.07) is 0. The highest BCUT2D eigenvalue weighted by Crippen LogP contribution is 2.37. The fourth-order valence-corrected chi connectivity index (χ4v) is 6.04. The van der Waals surface area contributed by atoms with E-state index < -0.39 is 0 Å². The van der Waals surface area contributed by atoms with Crippen molar-refractivity contribution in [2.24, 2.45) is 4.99 Å². The van der Waals surface area contributed by atoms with E-state index in [1.807, 2.05) is 0 Å². The number of nitrogens with zero attached hydrogens (tertiary/aromatic N) is 3. The third kappa shape index (κ3) is 5.77. The van der Waals surface area contributed by atoms with Crippen molar-refractivity contribution in [2.45, 2.75) is 69.1 Å². The fourth-order valence-electron chi connectivity index (χ4n) is 4.79. The third-order valence-corrected chi connectivity index (χ3v) is 8.29. The molecule has 1 unspecified atom stereocenters. The topological polar surface area (TPSA) is 42.9 Å². The van der Waals surface area contributed by atoms with Crippen molar-refractivity contribution in [3.05, 3.63) is 0 Å². The Hall–Kier alpha value is -0.460. The number of nitrogens with one attached hydrogen (secondary N) is 2. The lowest BCUT2D eigenvalue weighted by Gasteiger charge is -2.49. The maximum atomic E-state index is 5.13. The van der Waals surface area contributed by atoms with E-state index in [-0.39, 0.29) is 5.54 Å². The van der Waals surface area contributed by atoms with Crippen LogP contribution in [0.15, 0.2) is 4.99 Å². The number of likely N-dealkylation sites (tertiary alicyclic amines) is 2. The zero-order chi connectivity index (χ0) is 19.2. The maximum absolute atomic E-state index is 5.13. The number of hydrogen-bond acceptors (Lipinski definition) is 4. The van der Waals surface area contributed by atoms with Crippen LogP contribution in [0.1, 0.15) is 58.8 Å². The van der Waals surface area contributed by atoms with Gasteiger partial charge in [0, 0.05) is 23.4 Å².